The zero-order valence-corrected chi connectivity index (χ0v) is 15.1. The fourth-order valence-electron chi connectivity index (χ4n) is 2.56. The minimum absolute atomic E-state index is 0.0346. The monoisotopic (exact) mass is 356 g/mol. The highest BCUT2D eigenvalue weighted by atomic mass is 16.5. The van der Waals surface area contributed by atoms with Crippen LogP contribution in [0.15, 0.2) is 72.9 Å². The average molecular weight is 356 g/mol. The Bertz CT molecular complexity index is 972. The maximum atomic E-state index is 12.2. The molecule has 0 saturated carbocycles. The highest BCUT2D eigenvalue weighted by molar-refractivity contribution is 5.91. The van der Waals surface area contributed by atoms with E-state index in [9.17, 15) is 4.79 Å². The second-order valence-electron chi connectivity index (χ2n) is 5.95. The van der Waals surface area contributed by atoms with E-state index in [4.69, 9.17) is 4.74 Å². The number of aromatic nitrogens is 1. The number of nitrogens with one attached hydrogen (secondary N) is 1. The second kappa shape index (κ2) is 9.21. The lowest BCUT2D eigenvalue weighted by Crippen LogP contribution is -2.12. The third kappa shape index (κ3) is 5.72. The molecule has 0 bridgehead atoms. The Hall–Kier alpha value is -3.58. The van der Waals surface area contributed by atoms with Gasteiger partial charge in [0.2, 0.25) is 5.91 Å². The van der Waals surface area contributed by atoms with Crippen molar-refractivity contribution >= 4 is 11.6 Å². The number of rotatable bonds is 5. The van der Waals surface area contributed by atoms with Gasteiger partial charge in [-0.3, -0.25) is 4.79 Å². The lowest BCUT2D eigenvalue weighted by atomic mass is 10.1. The summed E-state index contributed by atoms with van der Waals surface area (Å²) in [6.07, 6.45) is 2.77. The summed E-state index contributed by atoms with van der Waals surface area (Å²) in [5, 5.41) is 2.93. The lowest BCUT2D eigenvalue weighted by molar-refractivity contribution is -0.116. The summed E-state index contributed by atoms with van der Waals surface area (Å²) >= 11 is 0. The van der Waals surface area contributed by atoms with Gasteiger partial charge in [0.25, 0.3) is 0 Å². The Labute approximate surface area is 159 Å². The minimum atomic E-state index is -0.0346. The van der Waals surface area contributed by atoms with Crippen LogP contribution in [0.5, 0.6) is 5.75 Å². The van der Waals surface area contributed by atoms with E-state index >= 15 is 0 Å². The molecule has 1 heterocycles. The van der Waals surface area contributed by atoms with Crippen LogP contribution in [-0.2, 0) is 11.2 Å². The van der Waals surface area contributed by atoms with Gasteiger partial charge in [-0.05, 0) is 60.4 Å². The van der Waals surface area contributed by atoms with Crippen molar-refractivity contribution in [3.63, 3.8) is 0 Å². The summed E-state index contributed by atoms with van der Waals surface area (Å²) in [5.74, 6) is 6.84. The molecular weight excluding hydrogens is 336 g/mol. The van der Waals surface area contributed by atoms with Gasteiger partial charge in [-0.25, -0.2) is 4.98 Å². The van der Waals surface area contributed by atoms with E-state index in [0.29, 0.717) is 18.5 Å². The van der Waals surface area contributed by atoms with Crippen molar-refractivity contribution in [2.24, 2.45) is 0 Å². The summed E-state index contributed by atoms with van der Waals surface area (Å²) < 4.78 is 5.21. The van der Waals surface area contributed by atoms with Crippen LogP contribution in [0.4, 0.5) is 5.69 Å². The highest BCUT2D eigenvalue weighted by Gasteiger charge is 2.04. The molecule has 1 N–H and O–H groups in total. The average Bonchev–Trinajstić information content (AvgIpc) is 2.72. The van der Waals surface area contributed by atoms with Gasteiger partial charge in [-0.1, -0.05) is 30.2 Å². The van der Waals surface area contributed by atoms with Crippen molar-refractivity contribution in [3.8, 4) is 17.6 Å². The Morgan fingerprint density at radius 1 is 1.04 bits per heavy atom. The first kappa shape index (κ1) is 18.2. The largest absolute Gasteiger partial charge is 0.497 e. The van der Waals surface area contributed by atoms with Crippen molar-refractivity contribution < 1.29 is 9.53 Å². The smallest absolute Gasteiger partial charge is 0.224 e. The third-order valence-corrected chi connectivity index (χ3v) is 3.92. The fourth-order valence-corrected chi connectivity index (χ4v) is 2.56. The molecule has 4 heteroatoms. The van der Waals surface area contributed by atoms with Crippen LogP contribution >= 0.6 is 0 Å². The third-order valence-electron chi connectivity index (χ3n) is 3.92. The molecule has 0 aliphatic heterocycles. The molecule has 0 saturated heterocycles. The molecule has 4 nitrogen and oxygen atoms in total. The molecule has 0 radical (unpaired) electrons. The van der Waals surface area contributed by atoms with Gasteiger partial charge in [-0.15, -0.1) is 0 Å². The Morgan fingerprint density at radius 2 is 1.93 bits per heavy atom. The number of amides is 1. The predicted octanol–water partition coefficient (Wildman–Crippen LogP) is 4.06. The summed E-state index contributed by atoms with van der Waals surface area (Å²) in [6, 6.07) is 20.9. The summed E-state index contributed by atoms with van der Waals surface area (Å²) in [4.78, 5) is 16.4. The molecule has 27 heavy (non-hydrogen) atoms. The maximum absolute atomic E-state index is 12.2. The van der Waals surface area contributed by atoms with Crippen LogP contribution in [0.2, 0.25) is 0 Å². The fraction of sp³-hybridized carbons (Fsp3) is 0.130. The number of nitrogens with zero attached hydrogens (tertiary/aromatic N) is 1. The molecule has 3 rings (SSSR count). The number of pyridine rings is 1. The summed E-state index contributed by atoms with van der Waals surface area (Å²) in [7, 11) is 1.63. The van der Waals surface area contributed by atoms with Gasteiger partial charge >= 0.3 is 0 Å². The highest BCUT2D eigenvalue weighted by Crippen LogP contribution is 2.15. The number of carbonyl (C=O) groups excluding carboxylic acids is 1. The van der Waals surface area contributed by atoms with Crippen LogP contribution in [0.3, 0.4) is 0 Å². The van der Waals surface area contributed by atoms with Gasteiger partial charge in [0.15, 0.2) is 0 Å². The van der Waals surface area contributed by atoms with Gasteiger partial charge in [0.1, 0.15) is 11.4 Å². The Kier molecular flexibility index (Phi) is 6.21. The molecule has 3 aromatic rings. The molecule has 2 aromatic carbocycles. The zero-order valence-electron chi connectivity index (χ0n) is 15.1. The van der Waals surface area contributed by atoms with Crippen LogP contribution in [0.1, 0.15) is 23.2 Å². The molecule has 134 valence electrons. The zero-order chi connectivity index (χ0) is 18.9. The van der Waals surface area contributed by atoms with Gasteiger partial charge in [0.05, 0.1) is 7.11 Å². The molecule has 0 unspecified atom stereocenters. The first-order chi connectivity index (χ1) is 13.2. The van der Waals surface area contributed by atoms with Crippen LogP contribution < -0.4 is 10.1 Å². The molecule has 0 fully saturated rings. The number of methoxy groups -OCH3 is 1. The van der Waals surface area contributed by atoms with Gasteiger partial charge in [-0.2, -0.15) is 0 Å². The number of hydrogen-bond donors (Lipinski definition) is 1. The topological polar surface area (TPSA) is 51.2 Å². The molecule has 0 atom stereocenters. The van der Waals surface area contributed by atoms with Crippen molar-refractivity contribution in [2.45, 2.75) is 12.8 Å². The quantitative estimate of drug-likeness (QED) is 0.702. The van der Waals surface area contributed by atoms with Crippen molar-refractivity contribution in [1.29, 1.82) is 0 Å². The van der Waals surface area contributed by atoms with Crippen LogP contribution in [0, 0.1) is 11.8 Å². The first-order valence-electron chi connectivity index (χ1n) is 8.69. The minimum Gasteiger partial charge on any atom is -0.497 e. The Morgan fingerprint density at radius 3 is 2.74 bits per heavy atom. The number of hydrogen-bond acceptors (Lipinski definition) is 3. The van der Waals surface area contributed by atoms with E-state index in [1.807, 2.05) is 66.7 Å². The van der Waals surface area contributed by atoms with Crippen molar-refractivity contribution in [3.05, 3.63) is 89.7 Å². The molecule has 1 aromatic heterocycles. The number of benzene rings is 2. The molecule has 0 spiro atoms. The predicted molar refractivity (Wildman–Crippen MR) is 107 cm³/mol. The molecule has 1 amide bonds. The standard InChI is InChI=1S/C23H20N2O2/c1-27-22-10-5-7-19(17-22)12-14-23(26)25-21-9-4-6-18(16-21)11-13-20-8-2-3-15-24-20/h2-10,15-17H,12,14H2,1H3,(H,25,26). The summed E-state index contributed by atoms with van der Waals surface area (Å²) in [6.45, 7) is 0. The van der Waals surface area contributed by atoms with E-state index in [1.54, 1.807) is 13.3 Å². The van der Waals surface area contributed by atoms with E-state index in [0.717, 1.165) is 22.6 Å². The normalized spacial score (nSPS) is 9.81. The van der Waals surface area contributed by atoms with Crippen molar-refractivity contribution in [1.82, 2.24) is 4.98 Å². The van der Waals surface area contributed by atoms with Crippen LogP contribution in [0.25, 0.3) is 0 Å². The number of carbonyl (C=O) groups is 1. The first-order valence-corrected chi connectivity index (χ1v) is 8.69. The number of aryl methyl sites for hydroxylation is 1. The number of anilines is 1. The molecule has 0 aliphatic rings. The van der Waals surface area contributed by atoms with Crippen LogP contribution in [-0.4, -0.2) is 18.0 Å². The summed E-state index contributed by atoms with van der Waals surface area (Å²) in [5.41, 5.74) is 3.34. The number of ether oxygens (including phenoxy) is 1. The van der Waals surface area contributed by atoms with Crippen molar-refractivity contribution in [2.75, 3.05) is 12.4 Å². The maximum Gasteiger partial charge on any atom is 0.224 e. The van der Waals surface area contributed by atoms with Gasteiger partial charge in [0, 0.05) is 23.9 Å². The lowest BCUT2D eigenvalue weighted by Gasteiger charge is -2.07. The van der Waals surface area contributed by atoms with E-state index in [-0.39, 0.29) is 5.91 Å². The SMILES string of the molecule is COc1cccc(CCC(=O)Nc2cccc(C#Cc3ccccn3)c2)c1. The molecular formula is C23H20N2O2. The van der Waals surface area contributed by atoms with E-state index in [2.05, 4.69) is 22.1 Å². The van der Waals surface area contributed by atoms with E-state index < -0.39 is 0 Å². The second-order valence-corrected chi connectivity index (χ2v) is 5.95. The Balaban J connectivity index is 1.59. The van der Waals surface area contributed by atoms with E-state index in [1.165, 1.54) is 0 Å². The van der Waals surface area contributed by atoms with Gasteiger partial charge < -0.3 is 10.1 Å². The molecule has 0 aliphatic carbocycles.